The van der Waals surface area contributed by atoms with Crippen molar-refractivity contribution in [2.45, 2.75) is 19.5 Å². The van der Waals surface area contributed by atoms with Gasteiger partial charge in [-0.25, -0.2) is 9.18 Å². The molecule has 0 aromatic heterocycles. The lowest BCUT2D eigenvalue weighted by Crippen LogP contribution is -2.40. The molecule has 3 rings (SSSR count). The standard InChI is InChI=1S/C20H22FN3O2/c1-15(17-5-3-2-4-6-17)22-19(25)14-24-12-11-23(20(24)26)13-16-7-9-18(21)10-8-16/h2-10,15H,11-14H2,1H3,(H,22,25). The van der Waals surface area contributed by atoms with E-state index in [0.717, 1.165) is 11.1 Å². The number of rotatable bonds is 6. The van der Waals surface area contributed by atoms with Crippen molar-refractivity contribution in [2.75, 3.05) is 19.6 Å². The summed E-state index contributed by atoms with van der Waals surface area (Å²) in [6, 6.07) is 15.5. The van der Waals surface area contributed by atoms with Crippen LogP contribution >= 0.6 is 0 Å². The molecule has 0 radical (unpaired) electrons. The number of benzene rings is 2. The van der Waals surface area contributed by atoms with Gasteiger partial charge in [0.05, 0.1) is 6.04 Å². The molecule has 2 aromatic rings. The molecule has 3 amide bonds. The summed E-state index contributed by atoms with van der Waals surface area (Å²) >= 11 is 0. The van der Waals surface area contributed by atoms with E-state index in [1.54, 1.807) is 17.0 Å². The number of carbonyl (C=O) groups excluding carboxylic acids is 2. The Morgan fingerprint density at radius 1 is 1.08 bits per heavy atom. The molecule has 0 saturated carbocycles. The summed E-state index contributed by atoms with van der Waals surface area (Å²) in [6.45, 7) is 3.43. The lowest BCUT2D eigenvalue weighted by atomic mass is 10.1. The van der Waals surface area contributed by atoms with Crippen LogP contribution in [0.4, 0.5) is 9.18 Å². The topological polar surface area (TPSA) is 52.7 Å². The highest BCUT2D eigenvalue weighted by Gasteiger charge is 2.29. The van der Waals surface area contributed by atoms with Gasteiger partial charge in [0, 0.05) is 19.6 Å². The quantitative estimate of drug-likeness (QED) is 0.866. The molecular weight excluding hydrogens is 333 g/mol. The number of carbonyl (C=O) groups is 2. The third-order valence-corrected chi connectivity index (χ3v) is 4.48. The van der Waals surface area contributed by atoms with Gasteiger partial charge in [0.1, 0.15) is 12.4 Å². The first-order chi connectivity index (χ1) is 12.5. The molecule has 0 bridgehead atoms. The summed E-state index contributed by atoms with van der Waals surface area (Å²) in [6.07, 6.45) is 0. The molecule has 1 aliphatic heterocycles. The molecule has 1 unspecified atom stereocenters. The Morgan fingerprint density at radius 3 is 2.42 bits per heavy atom. The Balaban J connectivity index is 1.51. The Kier molecular flexibility index (Phi) is 5.51. The first kappa shape index (κ1) is 17.9. The van der Waals surface area contributed by atoms with Gasteiger partial charge in [-0.2, -0.15) is 0 Å². The molecule has 1 fully saturated rings. The number of urea groups is 1. The molecule has 1 saturated heterocycles. The van der Waals surface area contributed by atoms with E-state index in [9.17, 15) is 14.0 Å². The highest BCUT2D eigenvalue weighted by molar-refractivity contribution is 5.85. The van der Waals surface area contributed by atoms with E-state index in [1.165, 1.54) is 17.0 Å². The van der Waals surface area contributed by atoms with E-state index in [1.807, 2.05) is 37.3 Å². The Labute approximate surface area is 152 Å². The molecule has 1 N–H and O–H groups in total. The number of nitrogens with zero attached hydrogens (tertiary/aromatic N) is 2. The maximum absolute atomic E-state index is 13.0. The maximum Gasteiger partial charge on any atom is 0.320 e. The molecule has 2 aromatic carbocycles. The lowest BCUT2D eigenvalue weighted by Gasteiger charge is -2.20. The largest absolute Gasteiger partial charge is 0.348 e. The second-order valence-electron chi connectivity index (χ2n) is 6.45. The van der Waals surface area contributed by atoms with Crippen LogP contribution in [0.1, 0.15) is 24.1 Å². The van der Waals surface area contributed by atoms with Gasteiger partial charge in [-0.05, 0) is 30.2 Å². The van der Waals surface area contributed by atoms with Gasteiger partial charge in [-0.3, -0.25) is 4.79 Å². The van der Waals surface area contributed by atoms with Crippen LogP contribution in [0.25, 0.3) is 0 Å². The van der Waals surface area contributed by atoms with Crippen molar-refractivity contribution in [1.29, 1.82) is 0 Å². The average molecular weight is 355 g/mol. The second-order valence-corrected chi connectivity index (χ2v) is 6.45. The minimum absolute atomic E-state index is 0.0376. The highest BCUT2D eigenvalue weighted by atomic mass is 19.1. The van der Waals surface area contributed by atoms with E-state index >= 15 is 0 Å². The molecule has 6 heteroatoms. The van der Waals surface area contributed by atoms with Crippen LogP contribution in [0.15, 0.2) is 54.6 Å². The fourth-order valence-corrected chi connectivity index (χ4v) is 3.02. The van der Waals surface area contributed by atoms with E-state index in [4.69, 9.17) is 0 Å². The second kappa shape index (κ2) is 7.99. The van der Waals surface area contributed by atoms with Crippen LogP contribution in [-0.4, -0.2) is 41.4 Å². The summed E-state index contributed by atoms with van der Waals surface area (Å²) in [5.41, 5.74) is 1.88. The molecule has 136 valence electrons. The summed E-state index contributed by atoms with van der Waals surface area (Å²) in [5, 5.41) is 2.92. The smallest absolute Gasteiger partial charge is 0.320 e. The highest BCUT2D eigenvalue weighted by Crippen LogP contribution is 2.15. The third-order valence-electron chi connectivity index (χ3n) is 4.48. The van der Waals surface area contributed by atoms with Gasteiger partial charge >= 0.3 is 6.03 Å². The molecule has 1 atom stereocenters. The first-order valence-electron chi connectivity index (χ1n) is 8.65. The summed E-state index contributed by atoms with van der Waals surface area (Å²) in [4.78, 5) is 27.9. The van der Waals surface area contributed by atoms with Crippen molar-refractivity contribution < 1.29 is 14.0 Å². The fraction of sp³-hybridized carbons (Fsp3) is 0.300. The van der Waals surface area contributed by atoms with Crippen LogP contribution < -0.4 is 5.32 Å². The SMILES string of the molecule is CC(NC(=O)CN1CCN(Cc2ccc(F)cc2)C1=O)c1ccccc1. The van der Waals surface area contributed by atoms with Crippen molar-refractivity contribution in [1.82, 2.24) is 15.1 Å². The van der Waals surface area contributed by atoms with Crippen LogP contribution in [0.3, 0.4) is 0 Å². The summed E-state index contributed by atoms with van der Waals surface area (Å²) in [7, 11) is 0. The van der Waals surface area contributed by atoms with Crippen LogP contribution in [0.5, 0.6) is 0 Å². The van der Waals surface area contributed by atoms with Gasteiger partial charge in [0.2, 0.25) is 5.91 Å². The molecule has 26 heavy (non-hydrogen) atoms. The fourth-order valence-electron chi connectivity index (χ4n) is 3.02. The predicted molar refractivity (Wildman–Crippen MR) is 96.8 cm³/mol. The number of amides is 3. The number of halogens is 1. The van der Waals surface area contributed by atoms with Gasteiger partial charge in [-0.1, -0.05) is 42.5 Å². The first-order valence-corrected chi connectivity index (χ1v) is 8.65. The summed E-state index contributed by atoms with van der Waals surface area (Å²) in [5.74, 6) is -0.481. The molecule has 5 nitrogen and oxygen atoms in total. The van der Waals surface area contributed by atoms with Crippen LogP contribution in [0, 0.1) is 5.82 Å². The van der Waals surface area contributed by atoms with Crippen molar-refractivity contribution in [3.05, 3.63) is 71.5 Å². The van der Waals surface area contributed by atoms with Crippen molar-refractivity contribution in [2.24, 2.45) is 0 Å². The lowest BCUT2D eigenvalue weighted by molar-refractivity contribution is -0.122. The Morgan fingerprint density at radius 2 is 1.73 bits per heavy atom. The molecule has 1 heterocycles. The average Bonchev–Trinajstić information content (AvgIpc) is 2.97. The summed E-state index contributed by atoms with van der Waals surface area (Å²) < 4.78 is 13.0. The molecular formula is C20H22FN3O2. The number of hydrogen-bond donors (Lipinski definition) is 1. The van der Waals surface area contributed by atoms with Crippen LogP contribution in [0.2, 0.25) is 0 Å². The molecule has 0 aliphatic carbocycles. The maximum atomic E-state index is 13.0. The van der Waals surface area contributed by atoms with Crippen molar-refractivity contribution in [3.8, 4) is 0 Å². The zero-order valence-electron chi connectivity index (χ0n) is 14.7. The van der Waals surface area contributed by atoms with Crippen molar-refractivity contribution >= 4 is 11.9 Å². The molecule has 0 spiro atoms. The molecule has 1 aliphatic rings. The number of hydrogen-bond acceptors (Lipinski definition) is 2. The normalized spacial score (nSPS) is 15.2. The van der Waals surface area contributed by atoms with Crippen molar-refractivity contribution in [3.63, 3.8) is 0 Å². The minimum Gasteiger partial charge on any atom is -0.348 e. The zero-order valence-corrected chi connectivity index (χ0v) is 14.7. The third kappa shape index (κ3) is 4.39. The van der Waals surface area contributed by atoms with E-state index in [2.05, 4.69) is 5.32 Å². The number of nitrogens with one attached hydrogen (secondary N) is 1. The predicted octanol–water partition coefficient (Wildman–Crippen LogP) is 2.94. The monoisotopic (exact) mass is 355 g/mol. The van der Waals surface area contributed by atoms with Gasteiger partial charge < -0.3 is 15.1 Å². The van der Waals surface area contributed by atoms with Crippen LogP contribution in [-0.2, 0) is 11.3 Å². The van der Waals surface area contributed by atoms with Gasteiger partial charge in [-0.15, -0.1) is 0 Å². The minimum atomic E-state index is -0.299. The van der Waals surface area contributed by atoms with Gasteiger partial charge in [0.15, 0.2) is 0 Å². The van der Waals surface area contributed by atoms with E-state index < -0.39 is 0 Å². The van der Waals surface area contributed by atoms with Gasteiger partial charge in [0.25, 0.3) is 0 Å². The Hall–Kier alpha value is -2.89. The zero-order chi connectivity index (χ0) is 18.5. The van der Waals surface area contributed by atoms with E-state index in [-0.39, 0.29) is 30.3 Å². The Bertz CT molecular complexity index is 764. The van der Waals surface area contributed by atoms with E-state index in [0.29, 0.717) is 19.6 Å².